The highest BCUT2D eigenvalue weighted by molar-refractivity contribution is 6.00. The Balaban J connectivity index is 1.26. The quantitative estimate of drug-likeness (QED) is 0.273. The Bertz CT molecular complexity index is 1230. The van der Waals surface area contributed by atoms with Crippen molar-refractivity contribution in [3.05, 3.63) is 89.5 Å². The molecule has 3 aliphatic rings. The normalized spacial score (nSPS) is 24.2. The predicted octanol–water partition coefficient (Wildman–Crippen LogP) is 3.24. The lowest BCUT2D eigenvalue weighted by molar-refractivity contribution is -0.750. The van der Waals surface area contributed by atoms with Crippen molar-refractivity contribution in [1.82, 2.24) is 10.6 Å². The largest absolute Gasteiger partial charge is 0.489 e. The average molecular weight is 486 g/mol. The first-order valence-electron chi connectivity index (χ1n) is 12.5. The minimum absolute atomic E-state index is 0.00344. The van der Waals surface area contributed by atoms with Crippen molar-refractivity contribution in [2.24, 2.45) is 27.7 Å². The molecule has 1 amide bonds. The summed E-state index contributed by atoms with van der Waals surface area (Å²) in [6.07, 6.45) is 7.58. The van der Waals surface area contributed by atoms with Gasteiger partial charge in [-0.05, 0) is 49.1 Å². The molecule has 2 heterocycles. The molecule has 8 nitrogen and oxygen atoms in total. The van der Waals surface area contributed by atoms with Gasteiger partial charge in [0.05, 0.1) is 18.0 Å². The zero-order chi connectivity index (χ0) is 25.0. The highest BCUT2D eigenvalue weighted by atomic mass is 16.5. The van der Waals surface area contributed by atoms with Gasteiger partial charge in [0.1, 0.15) is 24.3 Å². The van der Waals surface area contributed by atoms with Crippen molar-refractivity contribution >= 4 is 18.0 Å². The van der Waals surface area contributed by atoms with Gasteiger partial charge in [-0.25, -0.2) is 0 Å². The molecule has 0 saturated heterocycles. The number of rotatable bonds is 10. The number of benzene rings is 2. The van der Waals surface area contributed by atoms with E-state index in [0.717, 1.165) is 60.0 Å². The fraction of sp³-hybridized carbons (Fsp3) is 0.321. The van der Waals surface area contributed by atoms with E-state index in [4.69, 9.17) is 15.6 Å². The number of nitrogens with zero attached hydrogens (tertiary/aromatic N) is 3. The van der Waals surface area contributed by atoms with E-state index in [-0.39, 0.29) is 10.5 Å². The molecule has 4 N–H and O–H groups in total. The van der Waals surface area contributed by atoms with Gasteiger partial charge < -0.3 is 15.4 Å². The van der Waals surface area contributed by atoms with E-state index >= 15 is 0 Å². The first kappa shape index (κ1) is 24.1. The number of carbonyl (C=O) groups is 1. The van der Waals surface area contributed by atoms with Gasteiger partial charge in [-0.2, -0.15) is 10.8 Å². The number of hydrogen-bond acceptors (Lipinski definition) is 6. The Morgan fingerprint density at radius 3 is 2.78 bits per heavy atom. The second kappa shape index (κ2) is 10.6. The van der Waals surface area contributed by atoms with E-state index in [9.17, 15) is 4.79 Å². The molecule has 2 aromatic rings. The predicted molar refractivity (Wildman–Crippen MR) is 141 cm³/mol. The van der Waals surface area contributed by atoms with Gasteiger partial charge in [0.2, 0.25) is 11.6 Å². The lowest BCUT2D eigenvalue weighted by Crippen LogP contribution is -2.53. The van der Waals surface area contributed by atoms with Crippen LogP contribution >= 0.6 is 0 Å². The number of hydrogen-bond donors (Lipinski definition) is 3. The number of ether oxygens (including phenoxy) is 1. The fourth-order valence-electron chi connectivity index (χ4n) is 4.93. The Morgan fingerprint density at radius 1 is 1.14 bits per heavy atom. The summed E-state index contributed by atoms with van der Waals surface area (Å²) >= 11 is 0. The molecule has 36 heavy (non-hydrogen) atoms. The highest BCUT2D eigenvalue weighted by Crippen LogP contribution is 2.44. The number of nitrogens with two attached hydrogens (primary N) is 1. The van der Waals surface area contributed by atoms with E-state index in [1.807, 2.05) is 54.9 Å². The van der Waals surface area contributed by atoms with Crippen molar-refractivity contribution in [1.29, 1.82) is 0 Å². The van der Waals surface area contributed by atoms with Crippen LogP contribution in [0.25, 0.3) is 0 Å². The summed E-state index contributed by atoms with van der Waals surface area (Å²) in [6, 6.07) is 18.1. The fourth-order valence-corrected chi connectivity index (χ4v) is 4.93. The Labute approximate surface area is 211 Å². The highest BCUT2D eigenvalue weighted by Gasteiger charge is 2.48. The molecule has 1 fully saturated rings. The Hall–Kier alpha value is -3.59. The lowest BCUT2D eigenvalue weighted by atomic mass is 9.73. The minimum Gasteiger partial charge on any atom is -0.489 e. The van der Waals surface area contributed by atoms with Gasteiger partial charge >= 0.3 is 0 Å². The average Bonchev–Trinajstić information content (AvgIpc) is 3.17. The number of carbonyl (C=O) groups excluding carboxylic acids is 1. The van der Waals surface area contributed by atoms with E-state index in [1.54, 1.807) is 6.20 Å². The number of quaternary nitrogens is 1. The first-order valence-corrected chi connectivity index (χ1v) is 12.5. The maximum Gasteiger partial charge on any atom is 0.265 e. The molecule has 186 valence electrons. The zero-order valence-corrected chi connectivity index (χ0v) is 20.6. The molecule has 5 rings (SSSR count). The topological polar surface area (TPSA) is 101 Å². The smallest absolute Gasteiger partial charge is 0.265 e. The number of fused-ring (bicyclic) bond motifs is 1. The number of aliphatic imine (C=N–C) groups is 2. The van der Waals surface area contributed by atoms with Crippen LogP contribution in [0, 0.1) is 11.8 Å². The maximum atomic E-state index is 11.0. The summed E-state index contributed by atoms with van der Waals surface area (Å²) in [6.45, 7) is 4.41. The third-order valence-corrected chi connectivity index (χ3v) is 6.89. The third-order valence-electron chi connectivity index (χ3n) is 6.89. The van der Waals surface area contributed by atoms with Gasteiger partial charge in [0.15, 0.2) is 0 Å². The first-order chi connectivity index (χ1) is 17.5. The maximum absolute atomic E-state index is 11.0. The number of nitrogens with one attached hydrogen (secondary N) is 2. The summed E-state index contributed by atoms with van der Waals surface area (Å²) < 4.78 is 6.08. The molecule has 1 unspecified atom stereocenters. The molecule has 0 radical (unpaired) electrons. The van der Waals surface area contributed by atoms with Crippen molar-refractivity contribution in [3.63, 3.8) is 0 Å². The summed E-state index contributed by atoms with van der Waals surface area (Å²) in [5.41, 5.74) is 4.02. The van der Waals surface area contributed by atoms with Gasteiger partial charge in [-0.1, -0.05) is 36.4 Å². The second-order valence-corrected chi connectivity index (χ2v) is 9.58. The van der Waals surface area contributed by atoms with Gasteiger partial charge in [-0.15, -0.1) is 4.59 Å². The van der Waals surface area contributed by atoms with E-state index < -0.39 is 0 Å². The van der Waals surface area contributed by atoms with Crippen LogP contribution in [-0.4, -0.2) is 42.2 Å². The summed E-state index contributed by atoms with van der Waals surface area (Å²) in [5, 5.41) is 6.25. The van der Waals surface area contributed by atoms with Crippen LogP contribution in [0.1, 0.15) is 30.9 Å². The van der Waals surface area contributed by atoms with Gasteiger partial charge in [0.25, 0.3) is 5.84 Å². The standard InChI is InChI=1S/C28H32N6O2/c1-20(35)32-11-10-30-17-22-14-24(15-22)27-26-18-31-12-13-34(26,29)28(33-27)23-8-5-9-25(16-23)36-19-21-6-3-2-4-7-21/h2-9,12-13,16,18,22,24,30H,10-11,14-15,17,19,29H2,1H3/p+1. The van der Waals surface area contributed by atoms with Crippen LogP contribution in [0.2, 0.25) is 0 Å². The zero-order valence-electron chi connectivity index (χ0n) is 20.6. The van der Waals surface area contributed by atoms with Crippen LogP contribution in [0.5, 0.6) is 5.75 Å². The van der Waals surface area contributed by atoms with Crippen LogP contribution < -0.4 is 21.2 Å². The van der Waals surface area contributed by atoms with Crippen LogP contribution in [-0.2, 0) is 11.4 Å². The van der Waals surface area contributed by atoms with Gasteiger partial charge in [0, 0.05) is 25.9 Å². The molecule has 1 aliphatic carbocycles. The molecule has 1 atom stereocenters. The third kappa shape index (κ3) is 5.16. The SMILES string of the molecule is CC(=O)NCCNCC1CC(C2=C3C=NC=C[N+]3(N)C(c3cccc(OCc4ccccc4)c3)=N2)C1. The van der Waals surface area contributed by atoms with Crippen LogP contribution in [0.4, 0.5) is 0 Å². The molecular formula is C28H33N6O2+. The van der Waals surface area contributed by atoms with E-state index in [1.165, 1.54) is 6.92 Å². The summed E-state index contributed by atoms with van der Waals surface area (Å²) in [7, 11) is 0. The number of amidine groups is 1. The van der Waals surface area contributed by atoms with Crippen LogP contribution in [0.3, 0.4) is 0 Å². The van der Waals surface area contributed by atoms with E-state index in [2.05, 4.69) is 27.8 Å². The van der Waals surface area contributed by atoms with E-state index in [0.29, 0.717) is 25.0 Å². The Kier molecular flexibility index (Phi) is 7.09. The minimum atomic E-state index is 0.00344. The second-order valence-electron chi connectivity index (χ2n) is 9.58. The van der Waals surface area contributed by atoms with Gasteiger partial charge in [-0.3, -0.25) is 9.79 Å². The molecule has 8 heteroatoms. The molecule has 0 bridgehead atoms. The number of allylic oxidation sites excluding steroid dienone is 2. The van der Waals surface area contributed by atoms with Crippen molar-refractivity contribution in [2.75, 3.05) is 19.6 Å². The number of amides is 1. The molecule has 0 aromatic heterocycles. The molecule has 1 saturated carbocycles. The summed E-state index contributed by atoms with van der Waals surface area (Å²) in [5.74, 6) is 9.43. The molecule has 0 spiro atoms. The molecule has 2 aliphatic heterocycles. The van der Waals surface area contributed by atoms with Crippen molar-refractivity contribution in [3.8, 4) is 5.75 Å². The van der Waals surface area contributed by atoms with Crippen LogP contribution in [0.15, 0.2) is 88.4 Å². The lowest BCUT2D eigenvalue weighted by Gasteiger charge is -2.35. The monoisotopic (exact) mass is 485 g/mol. The summed E-state index contributed by atoms with van der Waals surface area (Å²) in [4.78, 5) is 20.4. The molecular weight excluding hydrogens is 452 g/mol. The molecule has 2 aromatic carbocycles. The van der Waals surface area contributed by atoms with Crippen molar-refractivity contribution in [2.45, 2.75) is 26.4 Å². The van der Waals surface area contributed by atoms with Crippen molar-refractivity contribution < 1.29 is 14.1 Å². The Morgan fingerprint density at radius 2 is 1.97 bits per heavy atom.